The van der Waals surface area contributed by atoms with E-state index >= 15 is 0 Å². The lowest BCUT2D eigenvalue weighted by atomic mass is 9.84. The van der Waals surface area contributed by atoms with Crippen LogP contribution in [-0.2, 0) is 4.74 Å². The van der Waals surface area contributed by atoms with Gasteiger partial charge >= 0.3 is 0 Å². The van der Waals surface area contributed by atoms with Gasteiger partial charge in [0, 0.05) is 18.2 Å². The Bertz CT molecular complexity index is 436. The van der Waals surface area contributed by atoms with Gasteiger partial charge in [-0.25, -0.2) is 4.39 Å². The zero-order chi connectivity index (χ0) is 13.3. The number of hydrogen-bond donors (Lipinski definition) is 0. The van der Waals surface area contributed by atoms with Crippen molar-refractivity contribution in [2.24, 2.45) is 11.8 Å². The second kappa shape index (κ2) is 5.77. The molecule has 4 heteroatoms. The van der Waals surface area contributed by atoms with E-state index in [0.717, 1.165) is 25.2 Å². The largest absolute Gasteiger partial charge is 0.381 e. The zero-order valence-corrected chi connectivity index (χ0v) is 12.1. The van der Waals surface area contributed by atoms with Crippen LogP contribution in [0.5, 0.6) is 0 Å². The number of aryl methyl sites for hydroxylation is 1. The van der Waals surface area contributed by atoms with E-state index in [2.05, 4.69) is 6.92 Å². The highest BCUT2D eigenvalue weighted by molar-refractivity contribution is 6.32. The van der Waals surface area contributed by atoms with E-state index in [4.69, 9.17) is 27.9 Å². The normalized spacial score (nSPS) is 26.1. The molecule has 100 valence electrons. The lowest BCUT2D eigenvalue weighted by molar-refractivity contribution is 0.0228. The van der Waals surface area contributed by atoms with E-state index in [0.29, 0.717) is 22.4 Å². The van der Waals surface area contributed by atoms with Gasteiger partial charge in [0.25, 0.3) is 0 Å². The Kier molecular flexibility index (Phi) is 4.52. The molecule has 0 amide bonds. The second-order valence-corrected chi connectivity index (χ2v) is 5.91. The standard InChI is InChI=1S/C14H17Cl2FO/c1-8-5-11(12(15)6-13(8)17)14(16)10-3-4-18-7-9(10)2/h5-6,9-10,14H,3-4,7H2,1-2H3. The molecule has 0 aliphatic carbocycles. The molecule has 1 heterocycles. The lowest BCUT2D eigenvalue weighted by Crippen LogP contribution is -2.28. The molecule has 1 aliphatic rings. The minimum absolute atomic E-state index is 0.185. The van der Waals surface area contributed by atoms with Crippen molar-refractivity contribution in [1.82, 2.24) is 0 Å². The molecule has 18 heavy (non-hydrogen) atoms. The van der Waals surface area contributed by atoms with Gasteiger partial charge in [0.2, 0.25) is 0 Å². The maximum Gasteiger partial charge on any atom is 0.127 e. The molecule has 3 atom stereocenters. The van der Waals surface area contributed by atoms with Crippen molar-refractivity contribution < 1.29 is 9.13 Å². The van der Waals surface area contributed by atoms with Crippen molar-refractivity contribution in [2.45, 2.75) is 25.6 Å². The number of rotatable bonds is 2. The first-order valence-corrected chi connectivity index (χ1v) is 6.99. The highest BCUT2D eigenvalue weighted by Gasteiger charge is 2.30. The summed E-state index contributed by atoms with van der Waals surface area (Å²) in [6.45, 7) is 5.32. The summed E-state index contributed by atoms with van der Waals surface area (Å²) in [6, 6.07) is 3.11. The molecule has 3 unspecified atom stereocenters. The van der Waals surface area contributed by atoms with Crippen LogP contribution in [0.15, 0.2) is 12.1 Å². The van der Waals surface area contributed by atoms with Crippen molar-refractivity contribution in [1.29, 1.82) is 0 Å². The third-order valence-electron chi connectivity index (χ3n) is 3.66. The predicted molar refractivity (Wildman–Crippen MR) is 72.8 cm³/mol. The summed E-state index contributed by atoms with van der Waals surface area (Å²) >= 11 is 12.7. The third kappa shape index (κ3) is 2.81. The van der Waals surface area contributed by atoms with Gasteiger partial charge in [-0.15, -0.1) is 11.6 Å². The van der Waals surface area contributed by atoms with E-state index < -0.39 is 0 Å². The number of alkyl halides is 1. The smallest absolute Gasteiger partial charge is 0.127 e. The second-order valence-electron chi connectivity index (χ2n) is 5.03. The summed E-state index contributed by atoms with van der Waals surface area (Å²) in [6.07, 6.45) is 0.919. The fourth-order valence-electron chi connectivity index (χ4n) is 2.45. The van der Waals surface area contributed by atoms with Gasteiger partial charge in [-0.3, -0.25) is 0 Å². The van der Waals surface area contributed by atoms with E-state index in [1.54, 1.807) is 13.0 Å². The first-order valence-electron chi connectivity index (χ1n) is 6.18. The quantitative estimate of drug-likeness (QED) is 0.715. The Morgan fingerprint density at radius 3 is 2.83 bits per heavy atom. The average molecular weight is 291 g/mol. The van der Waals surface area contributed by atoms with Crippen LogP contribution < -0.4 is 0 Å². The summed E-state index contributed by atoms with van der Waals surface area (Å²) in [4.78, 5) is 0. The lowest BCUT2D eigenvalue weighted by Gasteiger charge is -2.32. The number of ether oxygens (including phenoxy) is 1. The van der Waals surface area contributed by atoms with Gasteiger partial charge < -0.3 is 4.74 Å². The molecule has 0 spiro atoms. The van der Waals surface area contributed by atoms with Crippen LogP contribution in [0.25, 0.3) is 0 Å². The van der Waals surface area contributed by atoms with Gasteiger partial charge in [-0.1, -0.05) is 24.6 Å². The molecule has 1 aromatic carbocycles. The highest BCUT2D eigenvalue weighted by atomic mass is 35.5. The van der Waals surface area contributed by atoms with Gasteiger partial charge in [0.15, 0.2) is 0 Å². The van der Waals surface area contributed by atoms with Crippen molar-refractivity contribution in [3.05, 3.63) is 34.1 Å². The van der Waals surface area contributed by atoms with Crippen molar-refractivity contribution in [3.63, 3.8) is 0 Å². The first-order chi connectivity index (χ1) is 8.50. The van der Waals surface area contributed by atoms with Crippen LogP contribution in [-0.4, -0.2) is 13.2 Å². The van der Waals surface area contributed by atoms with Crippen LogP contribution in [0.4, 0.5) is 4.39 Å². The fourth-order valence-corrected chi connectivity index (χ4v) is 3.33. The molecule has 1 saturated heterocycles. The molecule has 1 aliphatic heterocycles. The maximum atomic E-state index is 13.4. The number of hydrogen-bond acceptors (Lipinski definition) is 1. The van der Waals surface area contributed by atoms with Gasteiger partial charge in [-0.05, 0) is 42.4 Å². The maximum absolute atomic E-state index is 13.4. The molecule has 1 nitrogen and oxygen atoms in total. The van der Waals surface area contributed by atoms with Crippen LogP contribution in [0.1, 0.15) is 29.8 Å². The van der Waals surface area contributed by atoms with Crippen LogP contribution in [0.3, 0.4) is 0 Å². The summed E-state index contributed by atoms with van der Waals surface area (Å²) in [5, 5.41) is 0.229. The molecule has 0 radical (unpaired) electrons. The molecular formula is C14H17Cl2FO. The average Bonchev–Trinajstić information content (AvgIpc) is 2.33. The monoisotopic (exact) mass is 290 g/mol. The van der Waals surface area contributed by atoms with Crippen LogP contribution in [0.2, 0.25) is 5.02 Å². The number of benzene rings is 1. The fraction of sp³-hybridized carbons (Fsp3) is 0.571. The molecule has 2 rings (SSSR count). The van der Waals surface area contributed by atoms with Crippen LogP contribution >= 0.6 is 23.2 Å². The Morgan fingerprint density at radius 2 is 2.17 bits per heavy atom. The minimum atomic E-state index is -0.285. The summed E-state index contributed by atoms with van der Waals surface area (Å²) in [5.41, 5.74) is 1.41. The Balaban J connectivity index is 2.27. The SMILES string of the molecule is Cc1cc(C(Cl)C2CCOCC2C)c(Cl)cc1F. The summed E-state index contributed by atoms with van der Waals surface area (Å²) in [5.74, 6) is 0.429. The molecular weight excluding hydrogens is 274 g/mol. The Labute approximate surface area is 117 Å². The van der Waals surface area contributed by atoms with E-state index in [1.165, 1.54) is 6.07 Å². The topological polar surface area (TPSA) is 9.23 Å². The van der Waals surface area contributed by atoms with Gasteiger partial charge in [0.05, 0.1) is 5.38 Å². The third-order valence-corrected chi connectivity index (χ3v) is 4.54. The Hall–Kier alpha value is -0.310. The van der Waals surface area contributed by atoms with Crippen LogP contribution in [0, 0.1) is 24.6 Å². The molecule has 0 bridgehead atoms. The van der Waals surface area contributed by atoms with Crippen molar-refractivity contribution in [3.8, 4) is 0 Å². The van der Waals surface area contributed by atoms with Crippen molar-refractivity contribution >= 4 is 23.2 Å². The molecule has 1 fully saturated rings. The van der Waals surface area contributed by atoms with E-state index in [9.17, 15) is 4.39 Å². The van der Waals surface area contributed by atoms with E-state index in [-0.39, 0.29) is 11.2 Å². The van der Waals surface area contributed by atoms with Gasteiger partial charge in [0.1, 0.15) is 5.82 Å². The minimum Gasteiger partial charge on any atom is -0.381 e. The predicted octanol–water partition coefficient (Wildman–Crippen LogP) is 4.74. The summed E-state index contributed by atoms with van der Waals surface area (Å²) < 4.78 is 18.8. The van der Waals surface area contributed by atoms with Crippen molar-refractivity contribution in [2.75, 3.05) is 13.2 Å². The first kappa shape index (κ1) is 14.1. The number of halogens is 3. The Morgan fingerprint density at radius 1 is 1.44 bits per heavy atom. The highest BCUT2D eigenvalue weighted by Crippen LogP contribution is 2.41. The molecule has 0 aromatic heterocycles. The van der Waals surface area contributed by atoms with Gasteiger partial charge in [-0.2, -0.15) is 0 Å². The molecule has 0 saturated carbocycles. The molecule has 1 aromatic rings. The summed E-state index contributed by atoms with van der Waals surface area (Å²) in [7, 11) is 0. The molecule has 0 N–H and O–H groups in total. The van der Waals surface area contributed by atoms with E-state index in [1.807, 2.05) is 0 Å². The zero-order valence-electron chi connectivity index (χ0n) is 10.6.